The molecule has 0 saturated carbocycles. The summed E-state index contributed by atoms with van der Waals surface area (Å²) in [6.45, 7) is 13.1. The van der Waals surface area contributed by atoms with E-state index in [0.29, 0.717) is 13.2 Å². The lowest BCUT2D eigenvalue weighted by molar-refractivity contribution is 0.137. The van der Waals surface area contributed by atoms with E-state index in [1.54, 1.807) is 7.11 Å². The van der Waals surface area contributed by atoms with Gasteiger partial charge in [-0.15, -0.1) is 0 Å². The fourth-order valence-electron chi connectivity index (χ4n) is 1.01. The predicted molar refractivity (Wildman–Crippen MR) is 61.6 cm³/mol. The Labute approximate surface area is 88.4 Å². The van der Waals surface area contributed by atoms with Crippen molar-refractivity contribution in [1.82, 2.24) is 4.90 Å². The van der Waals surface area contributed by atoms with Gasteiger partial charge in [-0.3, -0.25) is 4.90 Å². The van der Waals surface area contributed by atoms with Gasteiger partial charge in [0.05, 0.1) is 13.2 Å². The smallest absolute Gasteiger partial charge is 0.0589 e. The number of ether oxygens (including phenoxy) is 1. The lowest BCUT2D eigenvalue weighted by Crippen LogP contribution is -2.31. The van der Waals surface area contributed by atoms with Gasteiger partial charge in [-0.25, -0.2) is 0 Å². The molecule has 0 saturated heterocycles. The first-order valence-corrected chi connectivity index (χ1v) is 5.17. The Hall–Kier alpha value is -0.380. The van der Waals surface area contributed by atoms with E-state index in [9.17, 15) is 0 Å². The van der Waals surface area contributed by atoms with E-state index in [-0.39, 0.29) is 6.61 Å². The quantitative estimate of drug-likeness (QED) is 0.637. The monoisotopic (exact) mass is 203 g/mol. The minimum absolute atomic E-state index is 0.191. The van der Waals surface area contributed by atoms with Crippen molar-refractivity contribution in [2.24, 2.45) is 0 Å². The maximum atomic E-state index is 8.74. The minimum Gasteiger partial charge on any atom is -0.395 e. The van der Waals surface area contributed by atoms with Gasteiger partial charge in [0.1, 0.15) is 0 Å². The van der Waals surface area contributed by atoms with Crippen LogP contribution in [-0.4, -0.2) is 50.0 Å². The highest BCUT2D eigenvalue weighted by Gasteiger charge is 2.02. The fourth-order valence-corrected chi connectivity index (χ4v) is 1.01. The molecule has 0 aliphatic carbocycles. The summed E-state index contributed by atoms with van der Waals surface area (Å²) < 4.78 is 4.95. The molecule has 0 bridgehead atoms. The summed E-state index contributed by atoms with van der Waals surface area (Å²) in [4.78, 5) is 2.12. The molecular weight excluding hydrogens is 178 g/mol. The Bertz CT molecular complexity index is 126. The maximum absolute atomic E-state index is 8.74. The van der Waals surface area contributed by atoms with E-state index in [2.05, 4.69) is 11.5 Å². The standard InChI is InChI=1S/C9H19NO2.C2H6/c1-9(2)8-10(4-6-11)5-7-12-3;1-2/h11H,1,4-8H2,2-3H3;1-2H3. The Morgan fingerprint density at radius 2 is 1.93 bits per heavy atom. The molecule has 0 unspecified atom stereocenters. The number of aliphatic hydroxyl groups is 1. The number of rotatable bonds is 7. The molecule has 0 atom stereocenters. The van der Waals surface area contributed by atoms with Gasteiger partial charge in [-0.05, 0) is 6.92 Å². The van der Waals surface area contributed by atoms with Crippen LogP contribution in [0.1, 0.15) is 20.8 Å². The predicted octanol–water partition coefficient (Wildman–Crippen LogP) is 1.53. The molecule has 0 rings (SSSR count). The molecule has 0 aliphatic rings. The minimum atomic E-state index is 0.191. The summed E-state index contributed by atoms with van der Waals surface area (Å²) in [5.41, 5.74) is 1.11. The van der Waals surface area contributed by atoms with Crippen molar-refractivity contribution >= 4 is 0 Å². The topological polar surface area (TPSA) is 32.7 Å². The third-order valence-electron chi connectivity index (χ3n) is 1.52. The normalized spacial score (nSPS) is 9.57. The second-order valence-electron chi connectivity index (χ2n) is 2.95. The summed E-state index contributed by atoms with van der Waals surface area (Å²) in [5, 5.41) is 8.74. The maximum Gasteiger partial charge on any atom is 0.0589 e. The average Bonchev–Trinajstić information content (AvgIpc) is 2.17. The van der Waals surface area contributed by atoms with Crippen LogP contribution in [0.5, 0.6) is 0 Å². The summed E-state index contributed by atoms with van der Waals surface area (Å²) in [5.74, 6) is 0. The first-order chi connectivity index (χ1) is 6.70. The molecule has 0 aromatic heterocycles. The highest BCUT2D eigenvalue weighted by molar-refractivity contribution is 4.91. The van der Waals surface area contributed by atoms with Gasteiger partial charge in [0, 0.05) is 26.7 Å². The van der Waals surface area contributed by atoms with Crippen LogP contribution >= 0.6 is 0 Å². The lowest BCUT2D eigenvalue weighted by atomic mass is 10.3. The average molecular weight is 203 g/mol. The van der Waals surface area contributed by atoms with Crippen LogP contribution in [0.25, 0.3) is 0 Å². The molecule has 86 valence electrons. The van der Waals surface area contributed by atoms with Gasteiger partial charge in [-0.1, -0.05) is 26.0 Å². The van der Waals surface area contributed by atoms with Gasteiger partial charge >= 0.3 is 0 Å². The van der Waals surface area contributed by atoms with Crippen LogP contribution in [0, 0.1) is 0 Å². The molecule has 14 heavy (non-hydrogen) atoms. The van der Waals surface area contributed by atoms with Crippen LogP contribution in [-0.2, 0) is 4.74 Å². The highest BCUT2D eigenvalue weighted by Crippen LogP contribution is 1.94. The van der Waals surface area contributed by atoms with Crippen molar-refractivity contribution in [3.05, 3.63) is 12.2 Å². The Morgan fingerprint density at radius 1 is 1.36 bits per heavy atom. The van der Waals surface area contributed by atoms with Gasteiger partial charge in [0.25, 0.3) is 0 Å². The van der Waals surface area contributed by atoms with E-state index in [0.717, 1.165) is 18.7 Å². The molecule has 3 heteroatoms. The molecular formula is C11H25NO2. The van der Waals surface area contributed by atoms with Crippen LogP contribution in [0.15, 0.2) is 12.2 Å². The van der Waals surface area contributed by atoms with Gasteiger partial charge in [0.15, 0.2) is 0 Å². The van der Waals surface area contributed by atoms with E-state index in [4.69, 9.17) is 9.84 Å². The first kappa shape index (κ1) is 16.1. The number of hydrogen-bond donors (Lipinski definition) is 1. The molecule has 0 amide bonds. The molecule has 0 aromatic rings. The van der Waals surface area contributed by atoms with Crippen LogP contribution in [0.2, 0.25) is 0 Å². The molecule has 0 aromatic carbocycles. The lowest BCUT2D eigenvalue weighted by Gasteiger charge is -2.20. The molecule has 0 heterocycles. The first-order valence-electron chi connectivity index (χ1n) is 5.17. The van der Waals surface area contributed by atoms with Crippen molar-refractivity contribution in [2.75, 3.05) is 40.0 Å². The van der Waals surface area contributed by atoms with E-state index in [1.165, 1.54) is 0 Å². The molecule has 1 N–H and O–H groups in total. The highest BCUT2D eigenvalue weighted by atomic mass is 16.5. The second kappa shape index (κ2) is 12.6. The van der Waals surface area contributed by atoms with Crippen LogP contribution in [0.4, 0.5) is 0 Å². The zero-order valence-corrected chi connectivity index (χ0v) is 10.0. The molecule has 3 nitrogen and oxygen atoms in total. The zero-order chi connectivity index (χ0) is 11.4. The Morgan fingerprint density at radius 3 is 2.29 bits per heavy atom. The Kier molecular flexibility index (Phi) is 14.5. The third-order valence-corrected chi connectivity index (χ3v) is 1.52. The molecule has 0 spiro atoms. The van der Waals surface area contributed by atoms with Gasteiger partial charge in [-0.2, -0.15) is 0 Å². The number of aliphatic hydroxyl groups excluding tert-OH is 1. The van der Waals surface area contributed by atoms with E-state index >= 15 is 0 Å². The van der Waals surface area contributed by atoms with E-state index < -0.39 is 0 Å². The molecule has 0 fully saturated rings. The number of nitrogens with zero attached hydrogens (tertiary/aromatic N) is 1. The summed E-state index contributed by atoms with van der Waals surface area (Å²) in [6, 6.07) is 0. The zero-order valence-electron chi connectivity index (χ0n) is 10.0. The van der Waals surface area contributed by atoms with Crippen molar-refractivity contribution in [2.45, 2.75) is 20.8 Å². The summed E-state index contributed by atoms with van der Waals surface area (Å²) in [6.07, 6.45) is 0. The SMILES string of the molecule is C=C(C)CN(CCO)CCOC.CC. The van der Waals surface area contributed by atoms with Crippen molar-refractivity contribution in [3.8, 4) is 0 Å². The van der Waals surface area contributed by atoms with Crippen LogP contribution < -0.4 is 0 Å². The summed E-state index contributed by atoms with van der Waals surface area (Å²) >= 11 is 0. The van der Waals surface area contributed by atoms with Crippen molar-refractivity contribution in [1.29, 1.82) is 0 Å². The number of methoxy groups -OCH3 is 1. The Balaban J connectivity index is 0. The fraction of sp³-hybridized carbons (Fsp3) is 0.818. The number of hydrogen-bond acceptors (Lipinski definition) is 3. The van der Waals surface area contributed by atoms with Crippen molar-refractivity contribution < 1.29 is 9.84 Å². The van der Waals surface area contributed by atoms with Crippen LogP contribution in [0.3, 0.4) is 0 Å². The third kappa shape index (κ3) is 11.6. The molecule has 0 radical (unpaired) electrons. The largest absolute Gasteiger partial charge is 0.395 e. The molecule has 0 aliphatic heterocycles. The summed E-state index contributed by atoms with van der Waals surface area (Å²) in [7, 11) is 1.68. The van der Waals surface area contributed by atoms with Gasteiger partial charge < -0.3 is 9.84 Å². The van der Waals surface area contributed by atoms with E-state index in [1.807, 2.05) is 20.8 Å². The second-order valence-corrected chi connectivity index (χ2v) is 2.95. The van der Waals surface area contributed by atoms with Crippen molar-refractivity contribution in [3.63, 3.8) is 0 Å². The van der Waals surface area contributed by atoms with Gasteiger partial charge in [0.2, 0.25) is 0 Å².